The van der Waals surface area contributed by atoms with Crippen LogP contribution in [0.3, 0.4) is 0 Å². The molecule has 0 spiro atoms. The van der Waals surface area contributed by atoms with E-state index in [2.05, 4.69) is 22.1 Å². The predicted octanol–water partition coefficient (Wildman–Crippen LogP) is 0.0236. The van der Waals surface area contributed by atoms with E-state index in [0.717, 1.165) is 6.42 Å². The van der Waals surface area contributed by atoms with E-state index in [1.54, 1.807) is 13.1 Å². The number of hydrogen-bond donors (Lipinski definition) is 2. The lowest BCUT2D eigenvalue weighted by molar-refractivity contribution is -0.121. The van der Waals surface area contributed by atoms with Crippen molar-refractivity contribution < 1.29 is 14.7 Å². The maximum Gasteiger partial charge on any atom is 0.255 e. The maximum atomic E-state index is 12.2. The van der Waals surface area contributed by atoms with Crippen LogP contribution in [0.2, 0.25) is 0 Å². The number of nitrogens with zero attached hydrogens (tertiary/aromatic N) is 2. The van der Waals surface area contributed by atoms with Gasteiger partial charge in [0, 0.05) is 31.5 Å². The van der Waals surface area contributed by atoms with E-state index in [1.807, 2.05) is 6.92 Å². The number of aliphatic hydroxyl groups is 1. The molecule has 0 unspecified atom stereocenters. The van der Waals surface area contributed by atoms with Crippen LogP contribution in [-0.2, 0) is 4.79 Å². The van der Waals surface area contributed by atoms with Gasteiger partial charge in [-0.15, -0.1) is 0 Å². The Balaban J connectivity index is 2.71. The molecule has 0 radical (unpaired) electrons. The van der Waals surface area contributed by atoms with Gasteiger partial charge in [-0.2, -0.15) is 0 Å². The molecule has 1 aromatic rings. The van der Waals surface area contributed by atoms with E-state index < -0.39 is 0 Å². The van der Waals surface area contributed by atoms with E-state index in [1.165, 1.54) is 17.3 Å². The highest BCUT2D eigenvalue weighted by atomic mass is 16.2. The van der Waals surface area contributed by atoms with Crippen LogP contribution in [0.5, 0.6) is 0 Å². The number of likely N-dealkylation sites (N-methyl/N-ethyl adjacent to an activating group) is 1. The number of hydrogen-bond acceptors (Lipinski definition) is 4. The molecule has 0 aliphatic heterocycles. The molecule has 6 heteroatoms. The zero-order valence-corrected chi connectivity index (χ0v) is 12.2. The smallest absolute Gasteiger partial charge is 0.255 e. The van der Waals surface area contributed by atoms with Crippen molar-refractivity contribution in [2.75, 3.05) is 26.7 Å². The summed E-state index contributed by atoms with van der Waals surface area (Å²) in [5.41, 5.74) is 0.893. The number of nitrogens with one attached hydrogen (secondary N) is 1. The fourth-order valence-electron chi connectivity index (χ4n) is 1.59. The Labute approximate surface area is 124 Å². The summed E-state index contributed by atoms with van der Waals surface area (Å²) in [6, 6.07) is 1.58. The molecule has 6 nitrogen and oxygen atoms in total. The number of pyridine rings is 1. The number of carbonyl (C=O) groups excluding carboxylic acids is 2. The average Bonchev–Trinajstić information content (AvgIpc) is 2.50. The number of rotatable bonds is 5. The van der Waals surface area contributed by atoms with Gasteiger partial charge in [-0.05, 0) is 12.5 Å². The van der Waals surface area contributed by atoms with Crippen LogP contribution in [0.25, 0.3) is 0 Å². The Bertz CT molecular complexity index is 561. The third kappa shape index (κ3) is 5.63. The zero-order chi connectivity index (χ0) is 15.7. The van der Waals surface area contributed by atoms with Gasteiger partial charge in [0.2, 0.25) is 5.91 Å². The standard InChI is InChI=1S/C15H19N3O3/c1-3-6-17-14(20)11-18(2)15(21)13-8-12(5-4-7-19)9-16-10-13/h8-10,19H,3,6-7,11H2,1-2H3,(H,17,20). The van der Waals surface area contributed by atoms with Crippen molar-refractivity contribution in [1.29, 1.82) is 0 Å². The molecular weight excluding hydrogens is 270 g/mol. The first kappa shape index (κ1) is 16.7. The Kier molecular flexibility index (Phi) is 6.92. The van der Waals surface area contributed by atoms with Gasteiger partial charge in [0.05, 0.1) is 12.1 Å². The number of amides is 2. The summed E-state index contributed by atoms with van der Waals surface area (Å²) in [6.07, 6.45) is 3.78. The van der Waals surface area contributed by atoms with Crippen molar-refractivity contribution in [3.63, 3.8) is 0 Å². The Morgan fingerprint density at radius 1 is 1.43 bits per heavy atom. The third-order valence-corrected chi connectivity index (χ3v) is 2.60. The number of carbonyl (C=O) groups is 2. The fraction of sp³-hybridized carbons (Fsp3) is 0.400. The Morgan fingerprint density at radius 3 is 2.86 bits per heavy atom. The summed E-state index contributed by atoms with van der Waals surface area (Å²) in [4.78, 5) is 29.0. The van der Waals surface area contributed by atoms with Crippen molar-refractivity contribution in [2.24, 2.45) is 0 Å². The van der Waals surface area contributed by atoms with Crippen molar-refractivity contribution in [1.82, 2.24) is 15.2 Å². The second-order valence-electron chi connectivity index (χ2n) is 4.43. The minimum absolute atomic E-state index is 0.00855. The molecule has 2 N–H and O–H groups in total. The van der Waals surface area contributed by atoms with Crippen LogP contribution in [0.15, 0.2) is 18.5 Å². The minimum Gasteiger partial charge on any atom is -0.384 e. The van der Waals surface area contributed by atoms with Gasteiger partial charge >= 0.3 is 0 Å². The van der Waals surface area contributed by atoms with Gasteiger partial charge in [-0.3, -0.25) is 14.6 Å². The quantitative estimate of drug-likeness (QED) is 0.749. The van der Waals surface area contributed by atoms with Crippen molar-refractivity contribution in [3.8, 4) is 11.8 Å². The predicted molar refractivity (Wildman–Crippen MR) is 78.5 cm³/mol. The highest BCUT2D eigenvalue weighted by Gasteiger charge is 2.15. The molecule has 0 bridgehead atoms. The van der Waals surface area contributed by atoms with Crippen molar-refractivity contribution in [3.05, 3.63) is 29.6 Å². The Morgan fingerprint density at radius 2 is 2.19 bits per heavy atom. The molecule has 1 aromatic heterocycles. The average molecular weight is 289 g/mol. The summed E-state index contributed by atoms with van der Waals surface area (Å²) in [5, 5.41) is 11.4. The van der Waals surface area contributed by atoms with E-state index >= 15 is 0 Å². The second-order valence-corrected chi connectivity index (χ2v) is 4.43. The van der Waals surface area contributed by atoms with Gasteiger partial charge in [0.25, 0.3) is 5.91 Å². The molecule has 2 amide bonds. The van der Waals surface area contributed by atoms with Gasteiger partial charge in [0.1, 0.15) is 6.61 Å². The van der Waals surface area contributed by atoms with E-state index in [9.17, 15) is 9.59 Å². The Hall–Kier alpha value is -2.39. The van der Waals surface area contributed by atoms with Crippen LogP contribution in [-0.4, -0.2) is 53.5 Å². The van der Waals surface area contributed by atoms with Crippen LogP contribution < -0.4 is 5.32 Å². The molecule has 112 valence electrons. The number of aromatic nitrogens is 1. The molecule has 0 atom stereocenters. The fourth-order valence-corrected chi connectivity index (χ4v) is 1.59. The van der Waals surface area contributed by atoms with Crippen LogP contribution in [0.1, 0.15) is 29.3 Å². The molecule has 21 heavy (non-hydrogen) atoms. The zero-order valence-electron chi connectivity index (χ0n) is 12.2. The molecule has 0 aromatic carbocycles. The lowest BCUT2D eigenvalue weighted by Gasteiger charge is -2.16. The maximum absolute atomic E-state index is 12.2. The number of aliphatic hydroxyl groups excluding tert-OH is 1. The lowest BCUT2D eigenvalue weighted by Crippen LogP contribution is -2.38. The summed E-state index contributed by atoms with van der Waals surface area (Å²) in [5.74, 6) is 4.68. The lowest BCUT2D eigenvalue weighted by atomic mass is 10.2. The van der Waals surface area contributed by atoms with Gasteiger partial charge < -0.3 is 15.3 Å². The molecule has 0 fully saturated rings. The summed E-state index contributed by atoms with van der Waals surface area (Å²) in [6.45, 7) is 2.29. The molecule has 0 aliphatic carbocycles. The summed E-state index contributed by atoms with van der Waals surface area (Å²) in [7, 11) is 1.56. The SMILES string of the molecule is CCCNC(=O)CN(C)C(=O)c1cncc(C#CCO)c1. The van der Waals surface area contributed by atoms with Gasteiger partial charge in [-0.25, -0.2) is 0 Å². The summed E-state index contributed by atoms with van der Waals surface area (Å²) < 4.78 is 0. The third-order valence-electron chi connectivity index (χ3n) is 2.60. The van der Waals surface area contributed by atoms with Gasteiger partial charge in [0.15, 0.2) is 0 Å². The molecule has 1 rings (SSSR count). The molecule has 0 aliphatic rings. The van der Waals surface area contributed by atoms with E-state index in [-0.39, 0.29) is 25.0 Å². The summed E-state index contributed by atoms with van der Waals surface area (Å²) >= 11 is 0. The molecule has 0 saturated carbocycles. The minimum atomic E-state index is -0.304. The van der Waals surface area contributed by atoms with E-state index in [4.69, 9.17) is 5.11 Å². The first-order chi connectivity index (χ1) is 10.1. The van der Waals surface area contributed by atoms with Crippen molar-refractivity contribution >= 4 is 11.8 Å². The second kappa shape index (κ2) is 8.72. The highest BCUT2D eigenvalue weighted by molar-refractivity contribution is 5.96. The molecular formula is C15H19N3O3. The largest absolute Gasteiger partial charge is 0.384 e. The normalized spacial score (nSPS) is 9.48. The molecule has 0 saturated heterocycles. The first-order valence-electron chi connectivity index (χ1n) is 6.65. The topological polar surface area (TPSA) is 82.5 Å². The van der Waals surface area contributed by atoms with Crippen molar-refractivity contribution in [2.45, 2.75) is 13.3 Å². The highest BCUT2D eigenvalue weighted by Crippen LogP contribution is 2.05. The van der Waals surface area contributed by atoms with E-state index in [0.29, 0.717) is 17.7 Å². The molecule has 1 heterocycles. The van der Waals surface area contributed by atoms with Gasteiger partial charge in [-0.1, -0.05) is 18.8 Å². The monoisotopic (exact) mass is 289 g/mol. The van der Waals surface area contributed by atoms with Crippen LogP contribution in [0, 0.1) is 11.8 Å². The van der Waals surface area contributed by atoms with Crippen LogP contribution in [0.4, 0.5) is 0 Å². The van der Waals surface area contributed by atoms with Crippen LogP contribution >= 0.6 is 0 Å². The first-order valence-corrected chi connectivity index (χ1v) is 6.65.